The molecule has 1 amide bonds. The number of alkyl halides is 3. The third-order valence-corrected chi connectivity index (χ3v) is 6.13. The summed E-state index contributed by atoms with van der Waals surface area (Å²) in [6.45, 7) is 0.522. The van der Waals surface area contributed by atoms with Gasteiger partial charge < -0.3 is 10.1 Å². The lowest BCUT2D eigenvalue weighted by atomic mass is 10.0. The number of hydrogen-bond acceptors (Lipinski definition) is 4. The summed E-state index contributed by atoms with van der Waals surface area (Å²) in [5.41, 5.74) is 1.38. The molecule has 0 saturated heterocycles. The highest BCUT2D eigenvalue weighted by atomic mass is 79.9. The number of carbonyl (C=O) groups excluding carboxylic acids is 1. The molecule has 156 valence electrons. The van der Waals surface area contributed by atoms with E-state index in [1.165, 1.54) is 23.5 Å². The minimum Gasteiger partial charge on any atom is -0.493 e. The number of halogens is 4. The van der Waals surface area contributed by atoms with Crippen LogP contribution in [-0.4, -0.2) is 17.5 Å². The molecule has 0 spiro atoms. The van der Waals surface area contributed by atoms with Crippen molar-refractivity contribution in [2.24, 2.45) is 0 Å². The van der Waals surface area contributed by atoms with Gasteiger partial charge in [0.1, 0.15) is 10.8 Å². The molecule has 3 aromatic rings. The van der Waals surface area contributed by atoms with Gasteiger partial charge in [-0.25, -0.2) is 4.98 Å². The van der Waals surface area contributed by atoms with Gasteiger partial charge in [0.2, 0.25) is 5.91 Å². The first-order valence-corrected chi connectivity index (χ1v) is 10.8. The Morgan fingerprint density at radius 2 is 2.00 bits per heavy atom. The summed E-state index contributed by atoms with van der Waals surface area (Å²) in [7, 11) is 0. The second kappa shape index (κ2) is 8.39. The molecule has 4 nitrogen and oxygen atoms in total. The summed E-state index contributed by atoms with van der Waals surface area (Å²) in [4.78, 5) is 17.0. The van der Waals surface area contributed by atoms with Crippen LogP contribution in [0.3, 0.4) is 0 Å². The molecular formula is C21H16BrF3N2O2S. The Labute approximate surface area is 183 Å². The van der Waals surface area contributed by atoms with E-state index in [1.807, 2.05) is 18.2 Å². The zero-order valence-electron chi connectivity index (χ0n) is 15.5. The number of hydrogen-bond donors (Lipinski definition) is 1. The van der Waals surface area contributed by atoms with Crippen molar-refractivity contribution in [3.05, 3.63) is 69.1 Å². The summed E-state index contributed by atoms with van der Waals surface area (Å²) in [5.74, 6) is 0.588. The van der Waals surface area contributed by atoms with Crippen molar-refractivity contribution < 1.29 is 22.7 Å². The Morgan fingerprint density at radius 1 is 1.23 bits per heavy atom. The van der Waals surface area contributed by atoms with Crippen LogP contribution in [0.5, 0.6) is 5.75 Å². The third kappa shape index (κ3) is 4.67. The van der Waals surface area contributed by atoms with Crippen LogP contribution in [0.15, 0.2) is 52.3 Å². The van der Waals surface area contributed by atoms with E-state index >= 15 is 0 Å². The van der Waals surface area contributed by atoms with Gasteiger partial charge in [0.05, 0.1) is 30.3 Å². The van der Waals surface area contributed by atoms with Gasteiger partial charge in [-0.2, -0.15) is 13.2 Å². The number of nitrogens with one attached hydrogen (secondary N) is 1. The number of rotatable bonds is 4. The van der Waals surface area contributed by atoms with Crippen molar-refractivity contribution in [3.8, 4) is 16.3 Å². The topological polar surface area (TPSA) is 51.2 Å². The number of ether oxygens (including phenoxy) is 1. The van der Waals surface area contributed by atoms with Crippen molar-refractivity contribution in [2.45, 2.75) is 25.1 Å². The summed E-state index contributed by atoms with van der Waals surface area (Å²) >= 11 is 4.73. The van der Waals surface area contributed by atoms with E-state index in [4.69, 9.17) is 4.74 Å². The Bertz CT molecular complexity index is 1070. The van der Waals surface area contributed by atoms with Crippen LogP contribution in [0.1, 0.15) is 29.3 Å². The maximum atomic E-state index is 12.7. The Hall–Kier alpha value is -2.39. The van der Waals surface area contributed by atoms with Gasteiger partial charge in [0.15, 0.2) is 0 Å². The molecule has 1 atom stereocenters. The van der Waals surface area contributed by atoms with Crippen LogP contribution >= 0.6 is 27.3 Å². The fourth-order valence-electron chi connectivity index (χ4n) is 3.25. The average molecular weight is 497 g/mol. The smallest absolute Gasteiger partial charge is 0.416 e. The molecule has 1 unspecified atom stereocenters. The second-order valence-corrected chi connectivity index (χ2v) is 8.61. The summed E-state index contributed by atoms with van der Waals surface area (Å²) in [6, 6.07) is 10.4. The monoisotopic (exact) mass is 496 g/mol. The minimum absolute atomic E-state index is 0.0951. The maximum Gasteiger partial charge on any atom is 0.416 e. The molecule has 30 heavy (non-hydrogen) atoms. The minimum atomic E-state index is -4.37. The van der Waals surface area contributed by atoms with Gasteiger partial charge in [-0.05, 0) is 30.3 Å². The van der Waals surface area contributed by atoms with Gasteiger partial charge in [-0.3, -0.25) is 4.79 Å². The van der Waals surface area contributed by atoms with Crippen LogP contribution in [-0.2, 0) is 17.4 Å². The van der Waals surface area contributed by atoms with Crippen LogP contribution in [0.4, 0.5) is 13.2 Å². The normalized spacial score (nSPS) is 15.9. The fraction of sp³-hybridized carbons (Fsp3) is 0.238. The van der Waals surface area contributed by atoms with Gasteiger partial charge in [0, 0.05) is 27.4 Å². The number of nitrogens with zero attached hydrogens (tertiary/aromatic N) is 1. The first kappa shape index (κ1) is 20.9. The highest BCUT2D eigenvalue weighted by Gasteiger charge is 2.30. The summed E-state index contributed by atoms with van der Waals surface area (Å²) < 4.78 is 44.7. The van der Waals surface area contributed by atoms with Crippen molar-refractivity contribution in [1.82, 2.24) is 10.3 Å². The molecular weight excluding hydrogens is 481 g/mol. The fourth-order valence-corrected chi connectivity index (χ4v) is 4.45. The van der Waals surface area contributed by atoms with Crippen molar-refractivity contribution >= 4 is 33.2 Å². The van der Waals surface area contributed by atoms with E-state index < -0.39 is 11.7 Å². The average Bonchev–Trinajstić information content (AvgIpc) is 3.16. The van der Waals surface area contributed by atoms with Crippen LogP contribution in [0, 0.1) is 0 Å². The number of amides is 1. The Balaban J connectivity index is 1.42. The van der Waals surface area contributed by atoms with Crippen molar-refractivity contribution in [2.75, 3.05) is 6.61 Å². The zero-order chi connectivity index (χ0) is 21.3. The molecule has 0 bridgehead atoms. The predicted molar refractivity (Wildman–Crippen MR) is 111 cm³/mol. The first-order chi connectivity index (χ1) is 14.3. The van der Waals surface area contributed by atoms with Gasteiger partial charge in [0.25, 0.3) is 0 Å². The molecule has 4 rings (SSSR count). The van der Waals surface area contributed by atoms with Gasteiger partial charge >= 0.3 is 6.18 Å². The Morgan fingerprint density at radius 3 is 2.73 bits per heavy atom. The highest BCUT2D eigenvalue weighted by Crippen LogP contribution is 2.34. The van der Waals surface area contributed by atoms with E-state index in [0.29, 0.717) is 29.3 Å². The molecule has 0 saturated carbocycles. The SMILES string of the molecule is O=C(Cc1csc(-c2ccc(C(F)(F)F)cc2)n1)NC1CCOc2ccc(Br)cc21. The summed E-state index contributed by atoms with van der Waals surface area (Å²) in [6.07, 6.45) is -3.61. The standard InChI is InChI=1S/C21H16BrF3N2O2S/c22-14-5-6-18-16(9-14)17(7-8-29-18)27-19(28)10-15-11-30-20(26-15)12-1-3-13(4-2-12)21(23,24)25/h1-6,9,11,17H,7-8,10H2,(H,27,28). The lowest BCUT2D eigenvalue weighted by Crippen LogP contribution is -2.33. The largest absolute Gasteiger partial charge is 0.493 e. The van der Waals surface area contributed by atoms with Gasteiger partial charge in [-0.1, -0.05) is 28.1 Å². The maximum absolute atomic E-state index is 12.7. The second-order valence-electron chi connectivity index (χ2n) is 6.84. The lowest BCUT2D eigenvalue weighted by molar-refractivity contribution is -0.137. The van der Waals surface area contributed by atoms with E-state index in [0.717, 1.165) is 27.9 Å². The van der Waals surface area contributed by atoms with E-state index in [1.54, 1.807) is 5.38 Å². The molecule has 1 aliphatic rings. The molecule has 2 heterocycles. The number of fused-ring (bicyclic) bond motifs is 1. The summed E-state index contributed by atoms with van der Waals surface area (Å²) in [5, 5.41) is 5.35. The van der Waals surface area contributed by atoms with Crippen molar-refractivity contribution in [1.29, 1.82) is 0 Å². The zero-order valence-corrected chi connectivity index (χ0v) is 17.9. The number of thiazole rings is 1. The molecule has 1 aliphatic heterocycles. The number of aromatic nitrogens is 1. The molecule has 9 heteroatoms. The quantitative estimate of drug-likeness (QED) is 0.498. The van der Waals surface area contributed by atoms with E-state index in [2.05, 4.69) is 26.2 Å². The molecule has 2 aromatic carbocycles. The molecule has 1 aromatic heterocycles. The van der Waals surface area contributed by atoms with Crippen molar-refractivity contribution in [3.63, 3.8) is 0 Å². The molecule has 0 fully saturated rings. The predicted octanol–water partition coefficient (Wildman–Crippen LogP) is 5.77. The van der Waals surface area contributed by atoms with Gasteiger partial charge in [-0.15, -0.1) is 11.3 Å². The van der Waals surface area contributed by atoms with E-state index in [-0.39, 0.29) is 18.4 Å². The lowest BCUT2D eigenvalue weighted by Gasteiger charge is -2.26. The number of carbonyl (C=O) groups is 1. The first-order valence-electron chi connectivity index (χ1n) is 9.13. The van der Waals surface area contributed by atoms with Crippen LogP contribution in [0.25, 0.3) is 10.6 Å². The van der Waals surface area contributed by atoms with E-state index in [9.17, 15) is 18.0 Å². The molecule has 0 aliphatic carbocycles. The highest BCUT2D eigenvalue weighted by molar-refractivity contribution is 9.10. The molecule has 1 N–H and O–H groups in total. The Kier molecular flexibility index (Phi) is 5.84. The molecule has 0 radical (unpaired) electrons. The van der Waals surface area contributed by atoms with Crippen LogP contribution in [0.2, 0.25) is 0 Å². The van der Waals surface area contributed by atoms with Crippen LogP contribution < -0.4 is 10.1 Å². The third-order valence-electron chi connectivity index (χ3n) is 4.70. The number of benzene rings is 2.